The van der Waals surface area contributed by atoms with Crippen molar-refractivity contribution in [2.75, 3.05) is 4.90 Å². The zero-order chi connectivity index (χ0) is 37.7. The van der Waals surface area contributed by atoms with E-state index in [2.05, 4.69) is 198 Å². The molecule has 0 radical (unpaired) electrons. The average Bonchev–Trinajstić information content (AvgIpc) is 3.30. The molecule has 11 rings (SSSR count). The van der Waals surface area contributed by atoms with E-state index in [4.69, 9.17) is 4.98 Å². The topological polar surface area (TPSA) is 29.0 Å². The number of anilines is 3. The molecule has 0 N–H and O–H groups in total. The van der Waals surface area contributed by atoms with Gasteiger partial charge in [-0.3, -0.25) is 9.88 Å². The highest BCUT2D eigenvalue weighted by Crippen LogP contribution is 2.44. The SMILES string of the molecule is c1ccc(C2=c3c(c4ccc(N(c5cnccn5)c5cc6ccccc6c6ccccc56)cc4c4ccccc34)=C(c3ccccc3)C(c3ccccc3)C2)cc1. The average molecular weight is 728 g/mol. The van der Waals surface area contributed by atoms with Gasteiger partial charge in [-0.25, -0.2) is 4.98 Å². The van der Waals surface area contributed by atoms with Crippen LogP contribution in [0.25, 0.3) is 54.2 Å². The minimum absolute atomic E-state index is 0.153. The molecule has 9 aromatic carbocycles. The van der Waals surface area contributed by atoms with Gasteiger partial charge in [0.15, 0.2) is 5.82 Å². The Kier molecular flexibility index (Phi) is 7.96. The summed E-state index contributed by atoms with van der Waals surface area (Å²) < 4.78 is 0. The molecule has 0 spiro atoms. The van der Waals surface area contributed by atoms with E-state index in [-0.39, 0.29) is 5.92 Å². The molecule has 0 saturated carbocycles. The largest absolute Gasteiger partial charge is 0.293 e. The first-order valence-electron chi connectivity index (χ1n) is 19.7. The summed E-state index contributed by atoms with van der Waals surface area (Å²) in [6.07, 6.45) is 6.29. The lowest BCUT2D eigenvalue weighted by atomic mass is 9.74. The first-order valence-corrected chi connectivity index (χ1v) is 19.7. The molecule has 1 atom stereocenters. The zero-order valence-corrected chi connectivity index (χ0v) is 31.3. The monoisotopic (exact) mass is 727 g/mol. The van der Waals surface area contributed by atoms with Crippen molar-refractivity contribution in [1.82, 2.24) is 9.97 Å². The van der Waals surface area contributed by atoms with Crippen molar-refractivity contribution in [3.05, 3.63) is 234 Å². The van der Waals surface area contributed by atoms with Crippen LogP contribution in [0.5, 0.6) is 0 Å². The van der Waals surface area contributed by atoms with Crippen LogP contribution in [0.4, 0.5) is 17.2 Å². The third-order valence-electron chi connectivity index (χ3n) is 11.8. The van der Waals surface area contributed by atoms with Crippen LogP contribution in [0.2, 0.25) is 0 Å². The zero-order valence-electron chi connectivity index (χ0n) is 31.3. The van der Waals surface area contributed by atoms with Crippen LogP contribution < -0.4 is 15.3 Å². The predicted octanol–water partition coefficient (Wildman–Crippen LogP) is 12.1. The van der Waals surface area contributed by atoms with Gasteiger partial charge in [-0.2, -0.15) is 0 Å². The number of fused-ring (bicyclic) bond motifs is 9. The second-order valence-corrected chi connectivity index (χ2v) is 14.9. The Hall–Kier alpha value is -7.36. The van der Waals surface area contributed by atoms with E-state index in [9.17, 15) is 0 Å². The summed E-state index contributed by atoms with van der Waals surface area (Å²) >= 11 is 0. The van der Waals surface area contributed by atoms with Crippen LogP contribution in [-0.2, 0) is 0 Å². The smallest absolute Gasteiger partial charge is 0.156 e. The van der Waals surface area contributed by atoms with Crippen molar-refractivity contribution in [1.29, 1.82) is 0 Å². The van der Waals surface area contributed by atoms with Gasteiger partial charge in [0.1, 0.15) is 0 Å². The molecule has 0 bridgehead atoms. The van der Waals surface area contributed by atoms with E-state index in [0.717, 1.165) is 29.0 Å². The van der Waals surface area contributed by atoms with Crippen LogP contribution in [0.15, 0.2) is 207 Å². The molecule has 1 heterocycles. The molecule has 1 unspecified atom stereocenters. The maximum Gasteiger partial charge on any atom is 0.156 e. The van der Waals surface area contributed by atoms with Gasteiger partial charge in [0.05, 0.1) is 11.9 Å². The maximum absolute atomic E-state index is 4.93. The molecule has 10 aromatic rings. The van der Waals surface area contributed by atoms with Gasteiger partial charge >= 0.3 is 0 Å². The Balaban J connectivity index is 1.30. The summed E-state index contributed by atoms with van der Waals surface area (Å²) in [5, 5.41) is 12.3. The standard InChI is InChI=1S/C54H37N3/c1-4-16-36(17-5-1)47-34-48(37-18-6-2-7-19-37)53-45-27-15-13-25-43(45)49-33-40(28-29-46(49)54(53)52(47)38-20-8-3-9-21-38)57(51-35-55-30-31-56-51)50-32-39-22-10-11-23-41(39)42-24-12-14-26-44(42)50/h1-33,35,47H,34H2. The minimum atomic E-state index is 0.153. The lowest BCUT2D eigenvalue weighted by Gasteiger charge is -2.30. The molecule has 0 fully saturated rings. The molecular weight excluding hydrogens is 691 g/mol. The van der Waals surface area contributed by atoms with Crippen molar-refractivity contribution >= 4 is 71.4 Å². The fourth-order valence-electron chi connectivity index (χ4n) is 9.35. The van der Waals surface area contributed by atoms with Crippen molar-refractivity contribution in [3.63, 3.8) is 0 Å². The first-order chi connectivity index (χ1) is 28.3. The van der Waals surface area contributed by atoms with E-state index in [0.29, 0.717) is 0 Å². The number of rotatable bonds is 6. The van der Waals surface area contributed by atoms with Crippen molar-refractivity contribution < 1.29 is 0 Å². The van der Waals surface area contributed by atoms with Crippen LogP contribution in [0, 0.1) is 0 Å². The number of benzene rings is 9. The van der Waals surface area contributed by atoms with Gasteiger partial charge in [-0.05, 0) is 101 Å². The fraction of sp³-hybridized carbons (Fsp3) is 0.0370. The summed E-state index contributed by atoms with van der Waals surface area (Å²) in [5.41, 5.74) is 8.68. The first kappa shape index (κ1) is 33.0. The van der Waals surface area contributed by atoms with Crippen LogP contribution in [0.1, 0.15) is 29.0 Å². The number of hydrogen-bond acceptors (Lipinski definition) is 3. The van der Waals surface area contributed by atoms with E-state index in [1.54, 1.807) is 12.4 Å². The summed E-state index contributed by atoms with van der Waals surface area (Å²) in [5.74, 6) is 0.917. The number of hydrogen-bond donors (Lipinski definition) is 0. The van der Waals surface area contributed by atoms with Gasteiger partial charge in [0.25, 0.3) is 0 Å². The Morgan fingerprint density at radius 2 is 1.05 bits per heavy atom. The molecular formula is C54H37N3. The minimum Gasteiger partial charge on any atom is -0.293 e. The van der Waals surface area contributed by atoms with Gasteiger partial charge in [-0.1, -0.05) is 170 Å². The maximum atomic E-state index is 4.93. The molecule has 1 aliphatic rings. The summed E-state index contributed by atoms with van der Waals surface area (Å²) in [6.45, 7) is 0. The normalized spacial score (nSPS) is 14.0. The Morgan fingerprint density at radius 3 is 1.77 bits per heavy atom. The second kappa shape index (κ2) is 13.7. The Labute approximate surface area is 331 Å². The third kappa shape index (κ3) is 5.50. The summed E-state index contributed by atoms with van der Waals surface area (Å²) in [6, 6.07) is 68.8. The van der Waals surface area contributed by atoms with Crippen LogP contribution >= 0.6 is 0 Å². The predicted molar refractivity (Wildman–Crippen MR) is 238 cm³/mol. The highest BCUT2D eigenvalue weighted by atomic mass is 15.2. The number of aromatic nitrogens is 2. The van der Waals surface area contributed by atoms with E-state index in [1.807, 2.05) is 6.20 Å². The van der Waals surface area contributed by atoms with Crippen molar-refractivity contribution in [2.24, 2.45) is 0 Å². The molecule has 1 aliphatic carbocycles. The molecule has 3 heteroatoms. The Morgan fingerprint density at radius 1 is 0.456 bits per heavy atom. The highest BCUT2D eigenvalue weighted by molar-refractivity contribution is 6.16. The summed E-state index contributed by atoms with van der Waals surface area (Å²) in [4.78, 5) is 11.8. The molecule has 3 nitrogen and oxygen atoms in total. The Bertz CT molecular complexity index is 3250. The quantitative estimate of drug-likeness (QED) is 0.160. The lowest BCUT2D eigenvalue weighted by molar-refractivity contribution is 0.876. The third-order valence-corrected chi connectivity index (χ3v) is 11.8. The molecule has 0 aliphatic heterocycles. The van der Waals surface area contributed by atoms with Crippen molar-refractivity contribution in [3.8, 4) is 0 Å². The van der Waals surface area contributed by atoms with Gasteiger partial charge < -0.3 is 0 Å². The summed E-state index contributed by atoms with van der Waals surface area (Å²) in [7, 11) is 0. The van der Waals surface area contributed by atoms with E-state index < -0.39 is 0 Å². The van der Waals surface area contributed by atoms with Gasteiger partial charge in [0, 0.05) is 29.4 Å². The number of nitrogens with zero attached hydrogens (tertiary/aromatic N) is 3. The second-order valence-electron chi connectivity index (χ2n) is 14.9. The van der Waals surface area contributed by atoms with Gasteiger partial charge in [0.2, 0.25) is 0 Å². The van der Waals surface area contributed by atoms with Crippen LogP contribution in [-0.4, -0.2) is 9.97 Å². The lowest BCUT2D eigenvalue weighted by Crippen LogP contribution is -2.37. The molecule has 1 aromatic heterocycles. The molecule has 0 saturated heterocycles. The van der Waals surface area contributed by atoms with Crippen LogP contribution in [0.3, 0.4) is 0 Å². The highest BCUT2D eigenvalue weighted by Gasteiger charge is 2.28. The van der Waals surface area contributed by atoms with Gasteiger partial charge in [-0.15, -0.1) is 0 Å². The van der Waals surface area contributed by atoms with E-state index in [1.165, 1.54) is 76.0 Å². The van der Waals surface area contributed by atoms with Crippen molar-refractivity contribution in [2.45, 2.75) is 12.3 Å². The molecule has 268 valence electrons. The van der Waals surface area contributed by atoms with E-state index >= 15 is 0 Å². The molecule has 57 heavy (non-hydrogen) atoms. The molecule has 0 amide bonds. The fourth-order valence-corrected chi connectivity index (χ4v) is 9.35.